The fourth-order valence-electron chi connectivity index (χ4n) is 1.92. The van der Waals surface area contributed by atoms with E-state index in [9.17, 15) is 0 Å². The standard InChI is InChI=1S/C13H20N2/c1-9-4-5-11(6-12(9)14)15-8-10-7-13(10,2)3/h4-6,10,15H,7-8,14H2,1-3H3. The number of benzene rings is 1. The third kappa shape index (κ3) is 2.25. The van der Waals surface area contributed by atoms with Gasteiger partial charge in [-0.05, 0) is 42.4 Å². The normalized spacial score (nSPS) is 22.5. The van der Waals surface area contributed by atoms with Gasteiger partial charge in [-0.15, -0.1) is 0 Å². The largest absolute Gasteiger partial charge is 0.398 e. The van der Waals surface area contributed by atoms with E-state index in [-0.39, 0.29) is 0 Å². The van der Waals surface area contributed by atoms with Crippen LogP contribution in [-0.4, -0.2) is 6.54 Å². The maximum Gasteiger partial charge on any atom is 0.0364 e. The molecule has 82 valence electrons. The van der Waals surface area contributed by atoms with Crippen LogP contribution in [0, 0.1) is 18.3 Å². The molecule has 1 aromatic carbocycles. The van der Waals surface area contributed by atoms with Crippen molar-refractivity contribution in [3.63, 3.8) is 0 Å². The van der Waals surface area contributed by atoms with Gasteiger partial charge in [0.15, 0.2) is 0 Å². The van der Waals surface area contributed by atoms with Crippen molar-refractivity contribution in [2.75, 3.05) is 17.6 Å². The van der Waals surface area contributed by atoms with Crippen molar-refractivity contribution in [1.82, 2.24) is 0 Å². The lowest BCUT2D eigenvalue weighted by molar-refractivity contribution is 0.573. The molecule has 0 radical (unpaired) electrons. The quantitative estimate of drug-likeness (QED) is 0.743. The predicted molar refractivity (Wildman–Crippen MR) is 66.0 cm³/mol. The van der Waals surface area contributed by atoms with Crippen molar-refractivity contribution >= 4 is 11.4 Å². The summed E-state index contributed by atoms with van der Waals surface area (Å²) in [7, 11) is 0. The maximum absolute atomic E-state index is 5.86. The summed E-state index contributed by atoms with van der Waals surface area (Å²) in [6.07, 6.45) is 1.33. The predicted octanol–water partition coefficient (Wildman–Crippen LogP) is 3.04. The Kier molecular flexibility index (Phi) is 2.37. The minimum atomic E-state index is 0.545. The van der Waals surface area contributed by atoms with Crippen molar-refractivity contribution < 1.29 is 0 Å². The van der Waals surface area contributed by atoms with E-state index in [4.69, 9.17) is 5.73 Å². The Morgan fingerprint density at radius 1 is 1.47 bits per heavy atom. The fraction of sp³-hybridized carbons (Fsp3) is 0.538. The Labute approximate surface area is 91.9 Å². The molecule has 3 N–H and O–H groups in total. The van der Waals surface area contributed by atoms with Gasteiger partial charge in [-0.3, -0.25) is 0 Å². The van der Waals surface area contributed by atoms with E-state index in [1.807, 2.05) is 13.0 Å². The van der Waals surface area contributed by atoms with Crippen LogP contribution in [0.25, 0.3) is 0 Å². The van der Waals surface area contributed by atoms with E-state index in [0.717, 1.165) is 29.4 Å². The Bertz CT molecular complexity index is 369. The monoisotopic (exact) mass is 204 g/mol. The summed E-state index contributed by atoms with van der Waals surface area (Å²) in [5.74, 6) is 0.819. The molecule has 2 heteroatoms. The van der Waals surface area contributed by atoms with Crippen molar-refractivity contribution in [2.45, 2.75) is 27.2 Å². The first-order chi connectivity index (χ1) is 6.99. The van der Waals surface area contributed by atoms with Crippen LogP contribution in [0.1, 0.15) is 25.8 Å². The summed E-state index contributed by atoms with van der Waals surface area (Å²) in [6, 6.07) is 6.18. The molecule has 1 fully saturated rings. The number of nitrogens with one attached hydrogen (secondary N) is 1. The molecular formula is C13H20N2. The zero-order valence-corrected chi connectivity index (χ0v) is 9.80. The molecule has 1 aromatic rings. The average Bonchev–Trinajstić information content (AvgIpc) is 2.77. The first kappa shape index (κ1) is 10.3. The van der Waals surface area contributed by atoms with Gasteiger partial charge in [-0.2, -0.15) is 0 Å². The minimum Gasteiger partial charge on any atom is -0.398 e. The number of anilines is 2. The van der Waals surface area contributed by atoms with Gasteiger partial charge in [0, 0.05) is 17.9 Å². The average molecular weight is 204 g/mol. The highest BCUT2D eigenvalue weighted by molar-refractivity contribution is 5.58. The summed E-state index contributed by atoms with van der Waals surface area (Å²) >= 11 is 0. The van der Waals surface area contributed by atoms with E-state index in [1.54, 1.807) is 0 Å². The van der Waals surface area contributed by atoms with E-state index in [0.29, 0.717) is 5.41 Å². The highest BCUT2D eigenvalue weighted by atomic mass is 14.9. The lowest BCUT2D eigenvalue weighted by Gasteiger charge is -2.09. The topological polar surface area (TPSA) is 38.0 Å². The number of nitrogens with two attached hydrogens (primary N) is 1. The Morgan fingerprint density at radius 2 is 2.13 bits per heavy atom. The zero-order valence-electron chi connectivity index (χ0n) is 9.80. The van der Waals surface area contributed by atoms with Crippen LogP contribution in [0.3, 0.4) is 0 Å². The van der Waals surface area contributed by atoms with Crippen LogP contribution in [0.4, 0.5) is 11.4 Å². The third-order valence-electron chi connectivity index (χ3n) is 3.55. The van der Waals surface area contributed by atoms with Gasteiger partial charge in [0.25, 0.3) is 0 Å². The molecule has 15 heavy (non-hydrogen) atoms. The third-order valence-corrected chi connectivity index (χ3v) is 3.55. The number of rotatable bonds is 3. The Hall–Kier alpha value is -1.18. The zero-order chi connectivity index (χ0) is 11.1. The number of hydrogen-bond donors (Lipinski definition) is 2. The van der Waals surface area contributed by atoms with Crippen molar-refractivity contribution in [3.8, 4) is 0 Å². The molecular weight excluding hydrogens is 184 g/mol. The lowest BCUT2D eigenvalue weighted by Crippen LogP contribution is -2.07. The van der Waals surface area contributed by atoms with Crippen molar-refractivity contribution in [1.29, 1.82) is 0 Å². The number of aryl methyl sites for hydroxylation is 1. The molecule has 0 aromatic heterocycles. The van der Waals surface area contributed by atoms with Gasteiger partial charge < -0.3 is 11.1 Å². The molecule has 0 aliphatic heterocycles. The van der Waals surface area contributed by atoms with E-state index >= 15 is 0 Å². The van der Waals surface area contributed by atoms with Crippen LogP contribution in [0.15, 0.2) is 18.2 Å². The van der Waals surface area contributed by atoms with Crippen LogP contribution in [0.5, 0.6) is 0 Å². The number of nitrogen functional groups attached to an aromatic ring is 1. The molecule has 0 spiro atoms. The molecule has 1 aliphatic carbocycles. The van der Waals surface area contributed by atoms with E-state index in [1.165, 1.54) is 6.42 Å². The highest BCUT2D eigenvalue weighted by Crippen LogP contribution is 2.51. The molecule has 0 amide bonds. The molecule has 0 heterocycles. The smallest absolute Gasteiger partial charge is 0.0364 e. The molecule has 1 saturated carbocycles. The summed E-state index contributed by atoms with van der Waals surface area (Å²) in [4.78, 5) is 0. The molecule has 1 aliphatic rings. The second-order valence-electron chi connectivity index (χ2n) is 5.34. The van der Waals surface area contributed by atoms with Crippen molar-refractivity contribution in [3.05, 3.63) is 23.8 Å². The Balaban J connectivity index is 1.92. The second-order valence-corrected chi connectivity index (χ2v) is 5.34. The molecule has 0 saturated heterocycles. The van der Waals surface area contributed by atoms with Crippen molar-refractivity contribution in [2.24, 2.45) is 11.3 Å². The first-order valence-corrected chi connectivity index (χ1v) is 5.59. The SMILES string of the molecule is Cc1ccc(NCC2CC2(C)C)cc1N. The van der Waals surface area contributed by atoms with Crippen LogP contribution >= 0.6 is 0 Å². The van der Waals surface area contributed by atoms with Gasteiger partial charge in [0.1, 0.15) is 0 Å². The van der Waals surface area contributed by atoms with E-state index in [2.05, 4.69) is 31.3 Å². The van der Waals surface area contributed by atoms with Gasteiger partial charge >= 0.3 is 0 Å². The fourth-order valence-corrected chi connectivity index (χ4v) is 1.92. The summed E-state index contributed by atoms with van der Waals surface area (Å²) < 4.78 is 0. The lowest BCUT2D eigenvalue weighted by atomic mass is 10.1. The summed E-state index contributed by atoms with van der Waals surface area (Å²) in [5, 5.41) is 3.45. The van der Waals surface area contributed by atoms with Gasteiger partial charge in [-0.1, -0.05) is 19.9 Å². The molecule has 2 nitrogen and oxygen atoms in total. The molecule has 1 unspecified atom stereocenters. The molecule has 2 rings (SSSR count). The minimum absolute atomic E-state index is 0.545. The Morgan fingerprint density at radius 3 is 2.67 bits per heavy atom. The van der Waals surface area contributed by atoms with Gasteiger partial charge in [0.05, 0.1) is 0 Å². The van der Waals surface area contributed by atoms with Gasteiger partial charge in [0.2, 0.25) is 0 Å². The second kappa shape index (κ2) is 3.44. The van der Waals surface area contributed by atoms with Crippen LogP contribution in [-0.2, 0) is 0 Å². The van der Waals surface area contributed by atoms with Gasteiger partial charge in [-0.25, -0.2) is 0 Å². The first-order valence-electron chi connectivity index (χ1n) is 5.59. The molecule has 1 atom stereocenters. The van der Waals surface area contributed by atoms with Crippen LogP contribution in [0.2, 0.25) is 0 Å². The highest BCUT2D eigenvalue weighted by Gasteiger charge is 2.44. The summed E-state index contributed by atoms with van der Waals surface area (Å²) in [5.41, 5.74) is 9.56. The summed E-state index contributed by atoms with van der Waals surface area (Å²) in [6.45, 7) is 7.74. The van der Waals surface area contributed by atoms with Crippen LogP contribution < -0.4 is 11.1 Å². The maximum atomic E-state index is 5.86. The number of hydrogen-bond acceptors (Lipinski definition) is 2. The van der Waals surface area contributed by atoms with E-state index < -0.39 is 0 Å². The molecule has 0 bridgehead atoms.